The Morgan fingerprint density at radius 3 is 2.31 bits per heavy atom. The molecule has 0 aliphatic carbocycles. The lowest BCUT2D eigenvalue weighted by atomic mass is 10.2. The van der Waals surface area contributed by atoms with Crippen LogP contribution in [0, 0.1) is 6.92 Å². The zero-order chi connectivity index (χ0) is 22.7. The fraction of sp³-hybridized carbons (Fsp3) is 0.167. The molecule has 1 heterocycles. The number of benzene rings is 3. The molecule has 0 amide bonds. The van der Waals surface area contributed by atoms with Gasteiger partial charge in [-0.1, -0.05) is 71.9 Å². The van der Waals surface area contributed by atoms with E-state index >= 15 is 0 Å². The van der Waals surface area contributed by atoms with Crippen molar-refractivity contribution in [2.75, 3.05) is 14.1 Å². The summed E-state index contributed by atoms with van der Waals surface area (Å²) >= 11 is 1.52. The van der Waals surface area contributed by atoms with Gasteiger partial charge in [-0.05, 0) is 36.8 Å². The molecular formula is C24H24N4O2S2. The summed E-state index contributed by atoms with van der Waals surface area (Å²) in [6.45, 7) is 2.05. The first-order valence-corrected chi connectivity index (χ1v) is 12.5. The molecule has 0 saturated carbocycles. The summed E-state index contributed by atoms with van der Waals surface area (Å²) < 4.78 is 28.2. The number of hydrogen-bond acceptors (Lipinski definition) is 5. The van der Waals surface area contributed by atoms with Crippen molar-refractivity contribution in [3.05, 3.63) is 90.0 Å². The van der Waals surface area contributed by atoms with E-state index in [1.54, 1.807) is 18.2 Å². The van der Waals surface area contributed by atoms with Gasteiger partial charge in [0.05, 0.1) is 4.90 Å². The number of thioether (sulfide) groups is 1. The first-order chi connectivity index (χ1) is 15.4. The van der Waals surface area contributed by atoms with E-state index in [2.05, 4.69) is 41.4 Å². The summed E-state index contributed by atoms with van der Waals surface area (Å²) in [5, 5.41) is 9.67. The average Bonchev–Trinajstić information content (AvgIpc) is 3.23. The minimum absolute atomic E-state index is 0.283. The van der Waals surface area contributed by atoms with Gasteiger partial charge in [0.25, 0.3) is 0 Å². The molecule has 0 saturated heterocycles. The SMILES string of the molecule is Cc1ccc(-n2c(SCc3cccc(S(=O)(=O)N(C)C)c3)nnc2-c2ccccc2)cc1. The summed E-state index contributed by atoms with van der Waals surface area (Å²) in [5.74, 6) is 1.33. The molecule has 4 rings (SSSR count). The van der Waals surface area contributed by atoms with Crippen LogP contribution in [-0.4, -0.2) is 41.6 Å². The third-order valence-electron chi connectivity index (χ3n) is 5.00. The van der Waals surface area contributed by atoms with Gasteiger partial charge in [-0.25, -0.2) is 12.7 Å². The van der Waals surface area contributed by atoms with Crippen LogP contribution in [0.2, 0.25) is 0 Å². The number of nitrogens with zero attached hydrogens (tertiary/aromatic N) is 4. The van der Waals surface area contributed by atoms with Crippen LogP contribution in [0.5, 0.6) is 0 Å². The Kier molecular flexibility index (Phi) is 6.45. The van der Waals surface area contributed by atoms with Crippen LogP contribution in [0.15, 0.2) is 88.9 Å². The number of aryl methyl sites for hydroxylation is 1. The van der Waals surface area contributed by atoms with Crippen molar-refractivity contribution in [1.82, 2.24) is 19.1 Å². The van der Waals surface area contributed by atoms with E-state index in [1.165, 1.54) is 35.7 Å². The standard InChI is InChI=1S/C24H24N4O2S2/c1-18-12-14-21(15-13-18)28-23(20-9-5-4-6-10-20)25-26-24(28)31-17-19-8-7-11-22(16-19)32(29,30)27(2)3/h4-16H,17H2,1-3H3. The second-order valence-electron chi connectivity index (χ2n) is 7.57. The van der Waals surface area contributed by atoms with E-state index in [0.717, 1.165) is 27.8 Å². The van der Waals surface area contributed by atoms with Gasteiger partial charge >= 0.3 is 0 Å². The van der Waals surface area contributed by atoms with Crippen molar-refractivity contribution >= 4 is 21.8 Å². The normalized spacial score (nSPS) is 11.8. The van der Waals surface area contributed by atoms with Crippen molar-refractivity contribution in [3.63, 3.8) is 0 Å². The summed E-state index contributed by atoms with van der Waals surface area (Å²) in [6, 6.07) is 25.2. The van der Waals surface area contributed by atoms with Crippen LogP contribution in [-0.2, 0) is 15.8 Å². The van der Waals surface area contributed by atoms with Crippen molar-refractivity contribution in [3.8, 4) is 17.1 Å². The number of aromatic nitrogens is 3. The minimum Gasteiger partial charge on any atom is -0.270 e. The molecule has 0 aliphatic rings. The highest BCUT2D eigenvalue weighted by atomic mass is 32.2. The van der Waals surface area contributed by atoms with E-state index in [1.807, 2.05) is 41.0 Å². The second kappa shape index (κ2) is 9.28. The monoisotopic (exact) mass is 464 g/mol. The summed E-state index contributed by atoms with van der Waals surface area (Å²) in [6.07, 6.45) is 0. The fourth-order valence-corrected chi connectivity index (χ4v) is 5.09. The Morgan fingerprint density at radius 1 is 0.906 bits per heavy atom. The topological polar surface area (TPSA) is 68.1 Å². The maximum absolute atomic E-state index is 12.5. The maximum Gasteiger partial charge on any atom is 0.242 e. The molecule has 0 atom stereocenters. The zero-order valence-electron chi connectivity index (χ0n) is 18.1. The smallest absolute Gasteiger partial charge is 0.242 e. The van der Waals surface area contributed by atoms with Crippen molar-refractivity contribution in [2.24, 2.45) is 0 Å². The highest BCUT2D eigenvalue weighted by Gasteiger charge is 2.19. The van der Waals surface area contributed by atoms with Gasteiger partial charge in [-0.15, -0.1) is 10.2 Å². The number of rotatable bonds is 7. The second-order valence-corrected chi connectivity index (χ2v) is 10.7. The van der Waals surface area contributed by atoms with Crippen LogP contribution >= 0.6 is 11.8 Å². The van der Waals surface area contributed by atoms with Crippen molar-refractivity contribution in [2.45, 2.75) is 22.7 Å². The van der Waals surface area contributed by atoms with Crippen LogP contribution in [0.25, 0.3) is 17.1 Å². The molecule has 0 bridgehead atoms. The summed E-state index contributed by atoms with van der Waals surface area (Å²) in [5.41, 5.74) is 4.03. The van der Waals surface area contributed by atoms with Gasteiger partial charge in [-0.3, -0.25) is 4.57 Å². The van der Waals surface area contributed by atoms with E-state index in [-0.39, 0.29) is 4.90 Å². The lowest BCUT2D eigenvalue weighted by molar-refractivity contribution is 0.520. The predicted octanol–water partition coefficient (Wildman–Crippen LogP) is 4.79. The molecule has 3 aromatic carbocycles. The highest BCUT2D eigenvalue weighted by Crippen LogP contribution is 2.30. The fourth-order valence-electron chi connectivity index (χ4n) is 3.22. The van der Waals surface area contributed by atoms with Gasteiger partial charge < -0.3 is 0 Å². The van der Waals surface area contributed by atoms with Crippen LogP contribution in [0.1, 0.15) is 11.1 Å². The van der Waals surface area contributed by atoms with Gasteiger partial charge in [0.15, 0.2) is 11.0 Å². The Balaban J connectivity index is 1.68. The Labute approximate surface area is 193 Å². The molecule has 32 heavy (non-hydrogen) atoms. The molecule has 6 nitrogen and oxygen atoms in total. The molecular weight excluding hydrogens is 440 g/mol. The van der Waals surface area contributed by atoms with Crippen molar-refractivity contribution in [1.29, 1.82) is 0 Å². The van der Waals surface area contributed by atoms with Crippen molar-refractivity contribution < 1.29 is 8.42 Å². The lowest BCUT2D eigenvalue weighted by Crippen LogP contribution is -2.22. The van der Waals surface area contributed by atoms with Gasteiger partial charge in [-0.2, -0.15) is 0 Å². The molecule has 0 spiro atoms. The summed E-state index contributed by atoms with van der Waals surface area (Å²) in [4.78, 5) is 0.283. The molecule has 164 valence electrons. The highest BCUT2D eigenvalue weighted by molar-refractivity contribution is 7.98. The average molecular weight is 465 g/mol. The predicted molar refractivity (Wildman–Crippen MR) is 128 cm³/mol. The molecule has 0 radical (unpaired) electrons. The van der Waals surface area contributed by atoms with Crippen LogP contribution in [0.3, 0.4) is 0 Å². The van der Waals surface area contributed by atoms with Gasteiger partial charge in [0.2, 0.25) is 10.0 Å². The van der Waals surface area contributed by atoms with E-state index in [9.17, 15) is 8.42 Å². The number of sulfonamides is 1. The van der Waals surface area contributed by atoms with Crippen LogP contribution in [0.4, 0.5) is 0 Å². The quantitative estimate of drug-likeness (QED) is 0.368. The molecule has 0 unspecified atom stereocenters. The van der Waals surface area contributed by atoms with E-state index in [4.69, 9.17) is 0 Å². The Bertz CT molecular complexity index is 1320. The van der Waals surface area contributed by atoms with E-state index in [0.29, 0.717) is 5.75 Å². The molecule has 0 N–H and O–H groups in total. The zero-order valence-corrected chi connectivity index (χ0v) is 19.8. The first-order valence-electron chi connectivity index (χ1n) is 10.1. The number of hydrogen-bond donors (Lipinski definition) is 0. The molecule has 8 heteroatoms. The third-order valence-corrected chi connectivity index (χ3v) is 7.81. The maximum atomic E-state index is 12.5. The van der Waals surface area contributed by atoms with Crippen LogP contribution < -0.4 is 0 Å². The minimum atomic E-state index is -3.48. The first kappa shape index (κ1) is 22.3. The lowest BCUT2D eigenvalue weighted by Gasteiger charge is -2.13. The molecule has 4 aromatic rings. The molecule has 0 aliphatic heterocycles. The van der Waals surface area contributed by atoms with Gasteiger partial charge in [0, 0.05) is 31.1 Å². The largest absolute Gasteiger partial charge is 0.270 e. The third kappa shape index (κ3) is 4.62. The molecule has 0 fully saturated rings. The Hall–Kier alpha value is -2.94. The Morgan fingerprint density at radius 2 is 1.62 bits per heavy atom. The molecule has 1 aromatic heterocycles. The summed E-state index contributed by atoms with van der Waals surface area (Å²) in [7, 11) is -0.411. The van der Waals surface area contributed by atoms with Gasteiger partial charge in [0.1, 0.15) is 0 Å². The van der Waals surface area contributed by atoms with E-state index < -0.39 is 10.0 Å².